The Morgan fingerprint density at radius 3 is 2.89 bits per heavy atom. The van der Waals surface area contributed by atoms with Crippen LogP contribution >= 0.6 is 38.9 Å². The van der Waals surface area contributed by atoms with E-state index in [1.807, 2.05) is 25.1 Å². The highest BCUT2D eigenvalue weighted by atomic mass is 79.9. The molecule has 4 heteroatoms. The zero-order chi connectivity index (χ0) is 12.7. The first-order valence-electron chi connectivity index (χ1n) is 5.52. The van der Waals surface area contributed by atoms with Crippen LogP contribution in [0.5, 0.6) is 0 Å². The number of fused-ring (bicyclic) bond motifs is 1. The van der Waals surface area contributed by atoms with Gasteiger partial charge in [-0.3, -0.25) is 0 Å². The maximum absolute atomic E-state index is 6.55. The Morgan fingerprint density at radius 2 is 2.17 bits per heavy atom. The fourth-order valence-corrected chi connectivity index (χ4v) is 4.15. The fourth-order valence-electron chi connectivity index (χ4n) is 2.02. The highest BCUT2D eigenvalue weighted by molar-refractivity contribution is 9.10. The molecule has 3 rings (SSSR count). The average Bonchev–Trinajstić information content (AvgIpc) is 2.95. The minimum atomic E-state index is -0.233. The van der Waals surface area contributed by atoms with E-state index in [-0.39, 0.29) is 5.38 Å². The number of hydrogen-bond donors (Lipinski definition) is 0. The Bertz CT molecular complexity index is 701. The van der Waals surface area contributed by atoms with Crippen LogP contribution in [0, 0.1) is 6.92 Å². The molecule has 0 radical (unpaired) electrons. The maximum Gasteiger partial charge on any atom is 0.129 e. The summed E-state index contributed by atoms with van der Waals surface area (Å²) in [6.45, 7) is 2.01. The quantitative estimate of drug-likeness (QED) is 0.529. The Kier molecular flexibility index (Phi) is 3.22. The lowest BCUT2D eigenvalue weighted by atomic mass is 10.1. The van der Waals surface area contributed by atoms with Crippen molar-refractivity contribution >= 4 is 49.0 Å². The molecule has 0 fully saturated rings. The zero-order valence-electron chi connectivity index (χ0n) is 9.61. The van der Waals surface area contributed by atoms with Crippen molar-refractivity contribution in [3.05, 3.63) is 57.3 Å². The molecule has 0 saturated heterocycles. The molecule has 1 unspecified atom stereocenters. The fraction of sp³-hybridized carbons (Fsp3) is 0.143. The van der Waals surface area contributed by atoms with Crippen molar-refractivity contribution in [3.63, 3.8) is 0 Å². The highest BCUT2D eigenvalue weighted by Gasteiger charge is 2.20. The van der Waals surface area contributed by atoms with Gasteiger partial charge in [0.2, 0.25) is 0 Å². The van der Waals surface area contributed by atoms with Crippen LogP contribution in [0.15, 0.2) is 44.8 Å². The second-order valence-electron chi connectivity index (χ2n) is 4.14. The molecular weight excluding hydrogens is 332 g/mol. The molecule has 18 heavy (non-hydrogen) atoms. The lowest BCUT2D eigenvalue weighted by molar-refractivity contribution is 0.514. The largest absolute Gasteiger partial charge is 0.467 e. The predicted octanol–water partition coefficient (Wildman–Crippen LogP) is 5.89. The molecule has 1 nitrogen and oxygen atoms in total. The van der Waals surface area contributed by atoms with Gasteiger partial charge in [-0.15, -0.1) is 22.9 Å². The van der Waals surface area contributed by atoms with Crippen LogP contribution in [0.25, 0.3) is 10.1 Å². The third kappa shape index (κ3) is 1.91. The number of rotatable bonds is 2. The van der Waals surface area contributed by atoms with Gasteiger partial charge in [0.25, 0.3) is 0 Å². The van der Waals surface area contributed by atoms with Gasteiger partial charge < -0.3 is 4.42 Å². The van der Waals surface area contributed by atoms with Gasteiger partial charge in [0.15, 0.2) is 0 Å². The Hall–Kier alpha value is -0.770. The van der Waals surface area contributed by atoms with E-state index in [4.69, 9.17) is 16.0 Å². The molecule has 0 amide bonds. The van der Waals surface area contributed by atoms with Gasteiger partial charge in [0, 0.05) is 9.17 Å². The first kappa shape index (κ1) is 12.3. The van der Waals surface area contributed by atoms with Gasteiger partial charge in [-0.2, -0.15) is 0 Å². The molecule has 92 valence electrons. The van der Waals surface area contributed by atoms with Gasteiger partial charge in [-0.1, -0.05) is 12.1 Å². The van der Waals surface area contributed by atoms with E-state index >= 15 is 0 Å². The summed E-state index contributed by atoms with van der Waals surface area (Å²) in [7, 11) is 0. The Morgan fingerprint density at radius 1 is 1.33 bits per heavy atom. The molecule has 2 heterocycles. The van der Waals surface area contributed by atoms with Crippen molar-refractivity contribution in [2.75, 3.05) is 0 Å². The normalized spacial score (nSPS) is 13.1. The van der Waals surface area contributed by atoms with Crippen molar-refractivity contribution in [1.29, 1.82) is 0 Å². The summed E-state index contributed by atoms with van der Waals surface area (Å²) in [5.74, 6) is 0.830. The minimum absolute atomic E-state index is 0.233. The van der Waals surface area contributed by atoms with Crippen molar-refractivity contribution in [3.8, 4) is 0 Å². The van der Waals surface area contributed by atoms with Crippen molar-refractivity contribution in [2.45, 2.75) is 12.3 Å². The molecule has 1 atom stereocenters. The second-order valence-corrected chi connectivity index (χ2v) is 6.31. The molecule has 0 aliphatic carbocycles. The minimum Gasteiger partial charge on any atom is -0.467 e. The SMILES string of the molecule is Cc1ccoc1C(Cl)c1csc2c(Br)cccc12. The Labute approximate surface area is 123 Å². The number of hydrogen-bond acceptors (Lipinski definition) is 2. The van der Waals surface area contributed by atoms with Gasteiger partial charge in [0.1, 0.15) is 11.1 Å². The number of aryl methyl sites for hydroxylation is 1. The lowest BCUT2D eigenvalue weighted by Gasteiger charge is -2.07. The van der Waals surface area contributed by atoms with Crippen LogP contribution in [0.2, 0.25) is 0 Å². The van der Waals surface area contributed by atoms with Gasteiger partial charge in [0.05, 0.1) is 6.26 Å². The monoisotopic (exact) mass is 340 g/mol. The maximum atomic E-state index is 6.55. The second kappa shape index (κ2) is 4.72. The lowest BCUT2D eigenvalue weighted by Crippen LogP contribution is -1.91. The average molecular weight is 342 g/mol. The summed E-state index contributed by atoms with van der Waals surface area (Å²) >= 11 is 11.8. The van der Waals surface area contributed by atoms with Crippen LogP contribution in [0.1, 0.15) is 22.3 Å². The van der Waals surface area contributed by atoms with Gasteiger partial charge >= 0.3 is 0 Å². The van der Waals surface area contributed by atoms with Crippen molar-refractivity contribution in [1.82, 2.24) is 0 Å². The van der Waals surface area contributed by atoms with Crippen molar-refractivity contribution in [2.24, 2.45) is 0 Å². The summed E-state index contributed by atoms with van der Waals surface area (Å²) in [6.07, 6.45) is 1.69. The van der Waals surface area contributed by atoms with E-state index < -0.39 is 0 Å². The summed E-state index contributed by atoms with van der Waals surface area (Å²) < 4.78 is 7.82. The van der Waals surface area contributed by atoms with E-state index in [0.717, 1.165) is 21.4 Å². The number of furan rings is 1. The van der Waals surface area contributed by atoms with E-state index in [1.165, 1.54) is 10.1 Å². The summed E-state index contributed by atoms with van der Waals surface area (Å²) in [4.78, 5) is 0. The molecule has 0 saturated carbocycles. The van der Waals surface area contributed by atoms with E-state index in [1.54, 1.807) is 17.6 Å². The zero-order valence-corrected chi connectivity index (χ0v) is 12.8. The van der Waals surface area contributed by atoms with Gasteiger partial charge in [-0.05, 0) is 56.9 Å². The van der Waals surface area contributed by atoms with Crippen molar-refractivity contribution < 1.29 is 4.42 Å². The number of benzene rings is 1. The first-order valence-corrected chi connectivity index (χ1v) is 7.63. The van der Waals surface area contributed by atoms with Crippen LogP contribution < -0.4 is 0 Å². The van der Waals surface area contributed by atoms with E-state index in [9.17, 15) is 0 Å². The topological polar surface area (TPSA) is 13.1 Å². The molecule has 0 bridgehead atoms. The van der Waals surface area contributed by atoms with E-state index in [2.05, 4.69) is 27.4 Å². The molecule has 0 spiro atoms. The Balaban J connectivity index is 2.16. The van der Waals surface area contributed by atoms with E-state index in [0.29, 0.717) is 0 Å². The number of thiophene rings is 1. The summed E-state index contributed by atoms with van der Waals surface area (Å²) in [6, 6.07) is 8.11. The highest BCUT2D eigenvalue weighted by Crippen LogP contribution is 2.40. The summed E-state index contributed by atoms with van der Waals surface area (Å²) in [5.41, 5.74) is 2.19. The standard InChI is InChI=1S/C14H10BrClOS/c1-8-5-6-17-13(8)12(16)10-7-18-14-9(10)3-2-4-11(14)15/h2-7,12H,1H3. The molecular formula is C14H10BrClOS. The number of alkyl halides is 1. The molecule has 0 aliphatic rings. The van der Waals surface area contributed by atoms with Crippen LogP contribution in [0.3, 0.4) is 0 Å². The molecule has 0 N–H and O–H groups in total. The molecule has 0 aliphatic heterocycles. The van der Waals surface area contributed by atoms with Gasteiger partial charge in [-0.25, -0.2) is 0 Å². The molecule has 2 aromatic heterocycles. The van der Waals surface area contributed by atoms with Crippen LogP contribution in [-0.4, -0.2) is 0 Å². The number of halogens is 2. The van der Waals surface area contributed by atoms with Crippen LogP contribution in [0.4, 0.5) is 0 Å². The molecule has 3 aromatic rings. The first-order chi connectivity index (χ1) is 8.68. The summed E-state index contributed by atoms with van der Waals surface area (Å²) in [5, 5.41) is 3.06. The third-order valence-electron chi connectivity index (χ3n) is 2.99. The van der Waals surface area contributed by atoms with Crippen LogP contribution in [-0.2, 0) is 0 Å². The third-order valence-corrected chi connectivity index (χ3v) is 5.39. The predicted molar refractivity (Wildman–Crippen MR) is 80.7 cm³/mol. The molecule has 1 aromatic carbocycles. The smallest absolute Gasteiger partial charge is 0.129 e.